The maximum absolute atomic E-state index is 12.8. The van der Waals surface area contributed by atoms with Crippen molar-refractivity contribution in [3.8, 4) is 0 Å². The van der Waals surface area contributed by atoms with Crippen LogP contribution in [0.3, 0.4) is 0 Å². The molecule has 0 aliphatic carbocycles. The van der Waals surface area contributed by atoms with Crippen LogP contribution in [0.15, 0.2) is 36.5 Å². The third-order valence-electron chi connectivity index (χ3n) is 4.62. The van der Waals surface area contributed by atoms with Gasteiger partial charge in [-0.05, 0) is 38.9 Å². The highest BCUT2D eigenvalue weighted by atomic mass is 16.2. The van der Waals surface area contributed by atoms with Crippen molar-refractivity contribution in [1.82, 2.24) is 15.2 Å². The summed E-state index contributed by atoms with van der Waals surface area (Å²) in [5.41, 5.74) is 1.65. The second kappa shape index (κ2) is 5.45. The summed E-state index contributed by atoms with van der Waals surface area (Å²) < 4.78 is 0. The van der Waals surface area contributed by atoms with E-state index >= 15 is 0 Å². The molecule has 1 aromatic carbocycles. The van der Waals surface area contributed by atoms with Crippen LogP contribution in [0.2, 0.25) is 0 Å². The molecule has 1 aliphatic rings. The fourth-order valence-electron chi connectivity index (χ4n) is 2.90. The first-order chi connectivity index (χ1) is 10.1. The van der Waals surface area contributed by atoms with E-state index in [1.807, 2.05) is 42.3 Å². The Morgan fingerprint density at radius 1 is 1.24 bits per heavy atom. The molecule has 1 fully saturated rings. The van der Waals surface area contributed by atoms with Gasteiger partial charge in [-0.2, -0.15) is 0 Å². The van der Waals surface area contributed by atoms with Crippen molar-refractivity contribution in [3.05, 3.63) is 42.1 Å². The predicted molar refractivity (Wildman–Crippen MR) is 84.3 cm³/mol. The van der Waals surface area contributed by atoms with Crippen LogP contribution in [-0.2, 0) is 0 Å². The van der Waals surface area contributed by atoms with E-state index < -0.39 is 0 Å². The molecule has 0 radical (unpaired) electrons. The van der Waals surface area contributed by atoms with Gasteiger partial charge in [-0.25, -0.2) is 0 Å². The molecular formula is C17H21N3O. The van der Waals surface area contributed by atoms with E-state index in [-0.39, 0.29) is 11.4 Å². The van der Waals surface area contributed by atoms with Gasteiger partial charge >= 0.3 is 0 Å². The zero-order valence-corrected chi connectivity index (χ0v) is 12.6. The lowest BCUT2D eigenvalue weighted by Crippen LogP contribution is -2.51. The molecule has 0 spiro atoms. The van der Waals surface area contributed by atoms with Crippen molar-refractivity contribution >= 4 is 16.8 Å². The summed E-state index contributed by atoms with van der Waals surface area (Å²) in [6.07, 6.45) is 3.70. The predicted octanol–water partition coefficient (Wildman–Crippen LogP) is 2.45. The SMILES string of the molecule is CNC1(C)CCN(C(=O)c2cccc3cccnc23)CC1. The number of aromatic nitrogens is 1. The standard InChI is InChI=1S/C17H21N3O/c1-17(18-2)8-11-20(12-9-17)16(21)14-7-3-5-13-6-4-10-19-15(13)14/h3-7,10,18H,8-9,11-12H2,1-2H3. The molecule has 110 valence electrons. The smallest absolute Gasteiger partial charge is 0.256 e. The van der Waals surface area contributed by atoms with Crippen molar-refractivity contribution < 1.29 is 4.79 Å². The molecule has 3 rings (SSSR count). The highest BCUT2D eigenvalue weighted by molar-refractivity contribution is 6.05. The number of para-hydroxylation sites is 1. The van der Waals surface area contributed by atoms with Crippen LogP contribution < -0.4 is 5.32 Å². The van der Waals surface area contributed by atoms with Crippen LogP contribution in [-0.4, -0.2) is 41.5 Å². The number of hydrogen-bond donors (Lipinski definition) is 1. The monoisotopic (exact) mass is 283 g/mol. The van der Waals surface area contributed by atoms with Gasteiger partial charge in [-0.3, -0.25) is 9.78 Å². The Kier molecular flexibility index (Phi) is 3.64. The number of hydrogen-bond acceptors (Lipinski definition) is 3. The Morgan fingerprint density at radius 2 is 1.95 bits per heavy atom. The minimum Gasteiger partial charge on any atom is -0.338 e. The van der Waals surface area contributed by atoms with Crippen molar-refractivity contribution in [3.63, 3.8) is 0 Å². The quantitative estimate of drug-likeness (QED) is 0.921. The van der Waals surface area contributed by atoms with Gasteiger partial charge in [0.25, 0.3) is 5.91 Å². The first kappa shape index (κ1) is 14.0. The number of carbonyl (C=O) groups is 1. The first-order valence-corrected chi connectivity index (χ1v) is 7.45. The largest absolute Gasteiger partial charge is 0.338 e. The maximum Gasteiger partial charge on any atom is 0.256 e. The molecule has 1 aromatic heterocycles. The second-order valence-electron chi connectivity index (χ2n) is 5.98. The van der Waals surface area contributed by atoms with Gasteiger partial charge in [-0.1, -0.05) is 18.2 Å². The van der Waals surface area contributed by atoms with Gasteiger partial charge in [0.15, 0.2) is 0 Å². The van der Waals surface area contributed by atoms with Gasteiger partial charge in [0.1, 0.15) is 0 Å². The first-order valence-electron chi connectivity index (χ1n) is 7.45. The Labute approximate surface area is 125 Å². The van der Waals surface area contributed by atoms with Crippen LogP contribution in [0.5, 0.6) is 0 Å². The van der Waals surface area contributed by atoms with Gasteiger partial charge in [0, 0.05) is 30.2 Å². The Balaban J connectivity index is 1.85. The normalized spacial score (nSPS) is 17.9. The summed E-state index contributed by atoms with van der Waals surface area (Å²) >= 11 is 0. The summed E-state index contributed by atoms with van der Waals surface area (Å²) in [6.45, 7) is 3.80. The summed E-state index contributed by atoms with van der Waals surface area (Å²) in [5, 5.41) is 4.37. The highest BCUT2D eigenvalue weighted by Gasteiger charge is 2.31. The minimum absolute atomic E-state index is 0.0949. The minimum atomic E-state index is 0.0949. The molecule has 1 amide bonds. The molecule has 0 unspecified atom stereocenters. The zero-order chi connectivity index (χ0) is 14.9. The van der Waals surface area contributed by atoms with Gasteiger partial charge in [-0.15, -0.1) is 0 Å². The number of pyridine rings is 1. The zero-order valence-electron chi connectivity index (χ0n) is 12.6. The lowest BCUT2D eigenvalue weighted by Gasteiger charge is -2.39. The summed E-state index contributed by atoms with van der Waals surface area (Å²) in [5.74, 6) is 0.0949. The lowest BCUT2D eigenvalue weighted by molar-refractivity contribution is 0.0663. The average Bonchev–Trinajstić information content (AvgIpc) is 2.54. The van der Waals surface area contributed by atoms with E-state index in [1.165, 1.54) is 0 Å². The molecule has 1 saturated heterocycles. The molecular weight excluding hydrogens is 262 g/mol. The van der Waals surface area contributed by atoms with Crippen LogP contribution >= 0.6 is 0 Å². The van der Waals surface area contributed by atoms with Gasteiger partial charge in [0.05, 0.1) is 11.1 Å². The van der Waals surface area contributed by atoms with E-state index in [9.17, 15) is 4.79 Å². The van der Waals surface area contributed by atoms with Crippen molar-refractivity contribution in [2.45, 2.75) is 25.3 Å². The van der Waals surface area contributed by atoms with Gasteiger partial charge < -0.3 is 10.2 Å². The number of benzene rings is 1. The van der Waals surface area contributed by atoms with Crippen molar-refractivity contribution in [2.24, 2.45) is 0 Å². The second-order valence-corrected chi connectivity index (χ2v) is 5.98. The number of piperidine rings is 1. The number of nitrogens with one attached hydrogen (secondary N) is 1. The van der Waals surface area contributed by atoms with Crippen molar-refractivity contribution in [1.29, 1.82) is 0 Å². The van der Waals surface area contributed by atoms with E-state index in [4.69, 9.17) is 0 Å². The van der Waals surface area contributed by atoms with Crippen LogP contribution in [0, 0.1) is 0 Å². The number of rotatable bonds is 2. The van der Waals surface area contributed by atoms with Crippen LogP contribution in [0.4, 0.5) is 0 Å². The lowest BCUT2D eigenvalue weighted by atomic mass is 9.89. The Hall–Kier alpha value is -1.94. The molecule has 21 heavy (non-hydrogen) atoms. The third kappa shape index (κ3) is 2.63. The summed E-state index contributed by atoms with van der Waals surface area (Å²) in [6, 6.07) is 9.69. The van der Waals surface area contributed by atoms with Crippen LogP contribution in [0.25, 0.3) is 10.9 Å². The van der Waals surface area contributed by atoms with E-state index in [1.54, 1.807) is 6.20 Å². The van der Waals surface area contributed by atoms with Gasteiger partial charge in [0.2, 0.25) is 0 Å². The Morgan fingerprint density at radius 3 is 2.67 bits per heavy atom. The molecule has 2 heterocycles. The number of nitrogens with zero attached hydrogens (tertiary/aromatic N) is 2. The maximum atomic E-state index is 12.8. The summed E-state index contributed by atoms with van der Waals surface area (Å²) in [4.78, 5) is 19.1. The van der Waals surface area contributed by atoms with E-state index in [2.05, 4.69) is 17.2 Å². The number of amides is 1. The number of likely N-dealkylation sites (tertiary alicyclic amines) is 1. The summed E-state index contributed by atoms with van der Waals surface area (Å²) in [7, 11) is 1.99. The highest BCUT2D eigenvalue weighted by Crippen LogP contribution is 2.24. The molecule has 0 bridgehead atoms. The van der Waals surface area contributed by atoms with Crippen LogP contribution in [0.1, 0.15) is 30.1 Å². The molecule has 0 saturated carbocycles. The molecule has 0 atom stereocenters. The average molecular weight is 283 g/mol. The third-order valence-corrected chi connectivity index (χ3v) is 4.62. The van der Waals surface area contributed by atoms with E-state index in [0.29, 0.717) is 5.56 Å². The number of fused-ring (bicyclic) bond motifs is 1. The molecule has 1 N–H and O–H groups in total. The molecule has 4 heteroatoms. The fourth-order valence-corrected chi connectivity index (χ4v) is 2.90. The van der Waals surface area contributed by atoms with Crippen molar-refractivity contribution in [2.75, 3.05) is 20.1 Å². The molecule has 4 nitrogen and oxygen atoms in total. The Bertz CT molecular complexity index is 655. The molecule has 2 aromatic rings. The molecule has 1 aliphatic heterocycles. The number of carbonyl (C=O) groups excluding carboxylic acids is 1. The topological polar surface area (TPSA) is 45.2 Å². The van der Waals surface area contributed by atoms with E-state index in [0.717, 1.165) is 36.8 Å². The fraction of sp³-hybridized carbons (Fsp3) is 0.412.